The van der Waals surface area contributed by atoms with E-state index in [1.165, 1.54) is 18.4 Å². The summed E-state index contributed by atoms with van der Waals surface area (Å²) in [4.78, 5) is 46.3. The second-order valence-corrected chi connectivity index (χ2v) is 16.5. The Morgan fingerprint density at radius 3 is 2.39 bits per heavy atom. The molecule has 1 aromatic rings. The number of nitrogens with one attached hydrogen (secondary N) is 1. The minimum Gasteiger partial charge on any atom is -0.481 e. The van der Waals surface area contributed by atoms with E-state index in [-0.39, 0.29) is 47.6 Å². The third-order valence-electron chi connectivity index (χ3n) is 10.7. The molecule has 250 valence electrons. The van der Waals surface area contributed by atoms with Crippen molar-refractivity contribution in [3.05, 3.63) is 59.2 Å². The predicted octanol–water partition coefficient (Wildman–Crippen LogP) is 8.28. The van der Waals surface area contributed by atoms with E-state index in [0.29, 0.717) is 17.4 Å². The van der Waals surface area contributed by atoms with Crippen LogP contribution >= 0.6 is 0 Å². The molecule has 4 atom stereocenters. The zero-order valence-electron chi connectivity index (χ0n) is 28.9. The lowest BCUT2D eigenvalue weighted by atomic mass is 9.76. The summed E-state index contributed by atoms with van der Waals surface area (Å²) < 4.78 is 0. The van der Waals surface area contributed by atoms with Gasteiger partial charge in [-0.15, -0.1) is 0 Å². The molecule has 2 amide bonds. The quantitative estimate of drug-likeness (QED) is 0.272. The van der Waals surface area contributed by atoms with Crippen molar-refractivity contribution in [2.75, 3.05) is 6.54 Å². The monoisotopic (exact) mass is 629 g/mol. The molecule has 4 aliphatic rings. The van der Waals surface area contributed by atoms with Crippen LogP contribution in [0.4, 0.5) is 0 Å². The Hall–Kier alpha value is -3.22. The average Bonchev–Trinajstić information content (AvgIpc) is 3.82. The maximum Gasteiger partial charge on any atom is 0.305 e. The fourth-order valence-corrected chi connectivity index (χ4v) is 7.74. The maximum atomic E-state index is 14.9. The summed E-state index contributed by atoms with van der Waals surface area (Å²) in [5.74, 6) is 0.0958. The lowest BCUT2D eigenvalue weighted by molar-refractivity contribution is -0.137. The summed E-state index contributed by atoms with van der Waals surface area (Å²) in [7, 11) is 0. The summed E-state index contributed by atoms with van der Waals surface area (Å²) in [6, 6.07) is 7.42. The molecule has 0 bridgehead atoms. The molecule has 2 saturated carbocycles. The van der Waals surface area contributed by atoms with Crippen molar-refractivity contribution >= 4 is 23.5 Å². The van der Waals surface area contributed by atoms with Crippen molar-refractivity contribution in [2.45, 2.75) is 124 Å². The minimum atomic E-state index is -0.945. The van der Waals surface area contributed by atoms with Crippen LogP contribution < -0.4 is 5.32 Å². The van der Waals surface area contributed by atoms with Crippen LogP contribution in [0.15, 0.2) is 53.1 Å². The number of aliphatic carboxylic acids is 1. The first-order valence-corrected chi connectivity index (χ1v) is 17.6. The highest BCUT2D eigenvalue weighted by molar-refractivity contribution is 6.41. The Labute approximate surface area is 276 Å². The summed E-state index contributed by atoms with van der Waals surface area (Å²) in [5.41, 5.74) is 3.41. The molecule has 1 aliphatic heterocycles. The third-order valence-corrected chi connectivity index (χ3v) is 10.7. The SMILES string of the molecule is CC(C)(C)CCC(c1ccc(C(=O)NCCC(=O)O)cc1)N1C(=O)C(C2C=CC=C(C3CC3)C2)=NC12CCCC(C(C)(C)C)CC2. The number of aliphatic imine (C=N–C) groups is 1. The van der Waals surface area contributed by atoms with Gasteiger partial charge in [-0.25, -0.2) is 0 Å². The van der Waals surface area contributed by atoms with Gasteiger partial charge >= 0.3 is 5.97 Å². The Kier molecular flexibility index (Phi) is 10.0. The van der Waals surface area contributed by atoms with Crippen LogP contribution in [0.5, 0.6) is 0 Å². The van der Waals surface area contributed by atoms with Gasteiger partial charge in [0.2, 0.25) is 0 Å². The van der Waals surface area contributed by atoms with Gasteiger partial charge in [-0.05, 0) is 105 Å². The molecule has 2 fully saturated rings. The number of rotatable bonds is 10. The van der Waals surface area contributed by atoms with Crippen molar-refractivity contribution in [1.82, 2.24) is 10.2 Å². The minimum absolute atomic E-state index is 0.0109. The van der Waals surface area contributed by atoms with Gasteiger partial charge in [0, 0.05) is 18.0 Å². The predicted molar refractivity (Wildman–Crippen MR) is 184 cm³/mol. The van der Waals surface area contributed by atoms with Crippen LogP contribution in [-0.4, -0.2) is 45.7 Å². The summed E-state index contributed by atoms with van der Waals surface area (Å²) in [6.45, 7) is 13.8. The van der Waals surface area contributed by atoms with Gasteiger partial charge in [-0.3, -0.25) is 19.4 Å². The van der Waals surface area contributed by atoms with E-state index < -0.39 is 11.6 Å². The molecular weight excluding hydrogens is 574 g/mol. The second kappa shape index (κ2) is 13.5. The standard InChI is InChI=1S/C39H55N3O4/c1-37(2,3)22-19-32(27-14-16-28(17-15-27)35(45)40-24-20-33(43)44)42-36(46)34(30-10-7-9-29(25-30)26-12-13-26)41-39(42)21-8-11-31(18-23-39)38(4,5)6/h7,9-10,14-17,26,30-32H,8,11-13,18-25H2,1-6H3,(H,40,45)(H,43,44). The zero-order chi connectivity index (χ0) is 33.3. The Morgan fingerprint density at radius 1 is 1.04 bits per heavy atom. The summed E-state index contributed by atoms with van der Waals surface area (Å²) >= 11 is 0. The molecule has 0 aromatic heterocycles. The van der Waals surface area contributed by atoms with Crippen molar-refractivity contribution in [3.8, 4) is 0 Å². The summed E-state index contributed by atoms with van der Waals surface area (Å²) in [5, 5.41) is 11.6. The highest BCUT2D eigenvalue weighted by Gasteiger charge is 2.52. The van der Waals surface area contributed by atoms with Crippen molar-refractivity contribution in [3.63, 3.8) is 0 Å². The van der Waals surface area contributed by atoms with E-state index in [0.717, 1.165) is 62.6 Å². The molecule has 7 nitrogen and oxygen atoms in total. The highest BCUT2D eigenvalue weighted by Crippen LogP contribution is 2.50. The van der Waals surface area contributed by atoms with Crippen molar-refractivity contribution in [1.29, 1.82) is 0 Å². The van der Waals surface area contributed by atoms with E-state index in [9.17, 15) is 14.4 Å². The first-order chi connectivity index (χ1) is 21.7. The van der Waals surface area contributed by atoms with Gasteiger partial charge in [0.15, 0.2) is 0 Å². The fourth-order valence-electron chi connectivity index (χ4n) is 7.74. The highest BCUT2D eigenvalue weighted by atomic mass is 16.4. The number of amides is 2. The largest absolute Gasteiger partial charge is 0.481 e. The number of benzene rings is 1. The molecule has 4 unspecified atom stereocenters. The molecule has 7 heteroatoms. The topological polar surface area (TPSA) is 99.1 Å². The van der Waals surface area contributed by atoms with Gasteiger partial charge in [-0.1, -0.05) is 77.5 Å². The smallest absolute Gasteiger partial charge is 0.305 e. The normalized spacial score (nSPS) is 26.0. The Balaban J connectivity index is 1.50. The molecule has 0 radical (unpaired) electrons. The van der Waals surface area contributed by atoms with Crippen LogP contribution in [0.3, 0.4) is 0 Å². The number of nitrogens with zero attached hydrogens (tertiary/aromatic N) is 2. The molecular formula is C39H55N3O4. The van der Waals surface area contributed by atoms with Crippen LogP contribution in [0.25, 0.3) is 0 Å². The molecule has 1 spiro atoms. The van der Waals surface area contributed by atoms with Crippen molar-refractivity contribution in [2.24, 2.45) is 33.6 Å². The van der Waals surface area contributed by atoms with Gasteiger partial charge < -0.3 is 15.3 Å². The molecule has 3 aliphatic carbocycles. The number of carboxylic acid groups (broad SMARTS) is 1. The van der Waals surface area contributed by atoms with Gasteiger partial charge in [0.05, 0.1) is 12.5 Å². The average molecular weight is 630 g/mol. The Morgan fingerprint density at radius 2 is 1.76 bits per heavy atom. The van der Waals surface area contributed by atoms with E-state index in [1.54, 1.807) is 0 Å². The lowest BCUT2D eigenvalue weighted by Crippen LogP contribution is -2.49. The Bertz CT molecular complexity index is 1390. The molecule has 2 N–H and O–H groups in total. The number of hydrogen-bond acceptors (Lipinski definition) is 4. The number of carbonyl (C=O) groups excluding carboxylic acids is 2. The first-order valence-electron chi connectivity index (χ1n) is 17.6. The van der Waals surface area contributed by atoms with Crippen LogP contribution in [0, 0.1) is 28.6 Å². The van der Waals surface area contributed by atoms with E-state index in [1.807, 2.05) is 24.3 Å². The number of carbonyl (C=O) groups is 3. The van der Waals surface area contributed by atoms with Crippen LogP contribution in [-0.2, 0) is 9.59 Å². The fraction of sp³-hybridized carbons (Fsp3) is 0.641. The molecule has 5 rings (SSSR count). The number of allylic oxidation sites excluding steroid dienone is 4. The number of carboxylic acids is 1. The first kappa shape index (κ1) is 34.1. The van der Waals surface area contributed by atoms with E-state index in [2.05, 4.69) is 70.0 Å². The van der Waals surface area contributed by atoms with Gasteiger partial charge in [0.25, 0.3) is 11.8 Å². The second-order valence-electron chi connectivity index (χ2n) is 16.5. The molecule has 46 heavy (non-hydrogen) atoms. The van der Waals surface area contributed by atoms with E-state index >= 15 is 0 Å². The van der Waals surface area contributed by atoms with Crippen LogP contribution in [0.1, 0.15) is 134 Å². The van der Waals surface area contributed by atoms with E-state index in [4.69, 9.17) is 10.1 Å². The van der Waals surface area contributed by atoms with Crippen LogP contribution in [0.2, 0.25) is 0 Å². The summed E-state index contributed by atoms with van der Waals surface area (Å²) in [6.07, 6.45) is 16.6. The molecule has 1 aromatic carbocycles. The zero-order valence-corrected chi connectivity index (χ0v) is 28.9. The van der Waals surface area contributed by atoms with Gasteiger partial charge in [-0.2, -0.15) is 0 Å². The number of hydrogen-bond donors (Lipinski definition) is 2. The molecule has 1 heterocycles. The van der Waals surface area contributed by atoms with Crippen molar-refractivity contribution < 1.29 is 19.5 Å². The van der Waals surface area contributed by atoms with Gasteiger partial charge in [0.1, 0.15) is 11.4 Å². The third kappa shape index (κ3) is 8.01. The molecule has 0 saturated heterocycles. The lowest BCUT2D eigenvalue weighted by Gasteiger charge is -2.42. The maximum absolute atomic E-state index is 14.9.